The van der Waals surface area contributed by atoms with Crippen molar-refractivity contribution in [1.29, 1.82) is 0 Å². The van der Waals surface area contributed by atoms with Crippen LogP contribution in [0.5, 0.6) is 0 Å². The van der Waals surface area contributed by atoms with E-state index in [1.807, 2.05) is 54.6 Å². The van der Waals surface area contributed by atoms with E-state index in [1.54, 1.807) is 12.1 Å². The Labute approximate surface area is 184 Å². The number of fused-ring (bicyclic) bond motifs is 1. The first-order valence-corrected chi connectivity index (χ1v) is 12.3. The van der Waals surface area contributed by atoms with E-state index in [1.165, 1.54) is 5.56 Å². The molecule has 0 saturated carbocycles. The highest BCUT2D eigenvalue weighted by atomic mass is 32.2. The van der Waals surface area contributed by atoms with Crippen LogP contribution in [0.3, 0.4) is 0 Å². The molecule has 0 aliphatic rings. The Morgan fingerprint density at radius 2 is 1.61 bits per heavy atom. The molecule has 0 bridgehead atoms. The maximum atomic E-state index is 12.7. The highest BCUT2D eigenvalue weighted by Gasteiger charge is 2.16. The number of aryl methyl sites for hydroxylation is 1. The number of amides is 1. The number of rotatable bonds is 11. The molecule has 0 unspecified atom stereocenters. The number of nitrogens with one attached hydrogen (secondary N) is 2. The molecule has 3 aromatic rings. The zero-order valence-electron chi connectivity index (χ0n) is 17.9. The van der Waals surface area contributed by atoms with Gasteiger partial charge in [-0.25, -0.2) is 13.1 Å². The second-order valence-corrected chi connectivity index (χ2v) is 9.42. The van der Waals surface area contributed by atoms with Crippen LogP contribution in [0.15, 0.2) is 71.6 Å². The maximum Gasteiger partial charge on any atom is 0.241 e. The number of carbonyl (C=O) groups is 1. The van der Waals surface area contributed by atoms with Gasteiger partial charge in [-0.2, -0.15) is 0 Å². The third-order valence-electron chi connectivity index (χ3n) is 5.22. The van der Waals surface area contributed by atoms with Gasteiger partial charge < -0.3 is 5.32 Å². The third kappa shape index (κ3) is 6.64. The van der Waals surface area contributed by atoms with Crippen molar-refractivity contribution < 1.29 is 13.2 Å². The van der Waals surface area contributed by atoms with E-state index in [-0.39, 0.29) is 10.8 Å². The summed E-state index contributed by atoms with van der Waals surface area (Å²) in [5.74, 6) is -0.0572. The van der Waals surface area contributed by atoms with Crippen molar-refractivity contribution in [2.75, 3.05) is 11.9 Å². The summed E-state index contributed by atoms with van der Waals surface area (Å²) >= 11 is 0. The fourth-order valence-corrected chi connectivity index (χ4v) is 4.79. The topological polar surface area (TPSA) is 75.3 Å². The molecule has 1 amide bonds. The van der Waals surface area contributed by atoms with Gasteiger partial charge in [-0.1, -0.05) is 61.9 Å². The summed E-state index contributed by atoms with van der Waals surface area (Å²) < 4.78 is 28.0. The number of hydrogen-bond acceptors (Lipinski definition) is 3. The van der Waals surface area contributed by atoms with Crippen molar-refractivity contribution in [1.82, 2.24) is 4.72 Å². The van der Waals surface area contributed by atoms with Crippen LogP contribution in [0.2, 0.25) is 0 Å². The van der Waals surface area contributed by atoms with E-state index >= 15 is 0 Å². The lowest BCUT2D eigenvalue weighted by atomic mass is 10.1. The van der Waals surface area contributed by atoms with E-state index in [2.05, 4.69) is 17.0 Å². The summed E-state index contributed by atoms with van der Waals surface area (Å²) in [6.07, 6.45) is 4.94. The molecule has 31 heavy (non-hydrogen) atoms. The van der Waals surface area contributed by atoms with Gasteiger partial charge in [-0.3, -0.25) is 4.79 Å². The fourth-order valence-electron chi connectivity index (χ4n) is 3.48. The highest BCUT2D eigenvalue weighted by molar-refractivity contribution is 7.89. The Bertz CT molecular complexity index is 1100. The second kappa shape index (κ2) is 11.1. The normalized spacial score (nSPS) is 11.5. The van der Waals surface area contributed by atoms with E-state index in [4.69, 9.17) is 0 Å². The van der Waals surface area contributed by atoms with Crippen LogP contribution in [-0.2, 0) is 21.2 Å². The Morgan fingerprint density at radius 1 is 0.871 bits per heavy atom. The number of benzene rings is 3. The summed E-state index contributed by atoms with van der Waals surface area (Å²) in [6.45, 7) is 2.47. The van der Waals surface area contributed by atoms with Crippen LogP contribution >= 0.6 is 0 Å². The SMILES string of the molecule is CCCCc1ccc(NC(=O)CCCCNS(=O)(=O)c2cccc3ccccc23)cc1. The smallest absolute Gasteiger partial charge is 0.241 e. The first-order valence-electron chi connectivity index (χ1n) is 10.9. The van der Waals surface area contributed by atoms with Crippen LogP contribution in [0.25, 0.3) is 10.8 Å². The first kappa shape index (κ1) is 23.0. The lowest BCUT2D eigenvalue weighted by molar-refractivity contribution is -0.116. The fraction of sp³-hybridized carbons (Fsp3) is 0.320. The molecule has 6 heteroatoms. The van der Waals surface area contributed by atoms with Gasteiger partial charge in [-0.05, 0) is 54.8 Å². The molecule has 164 valence electrons. The van der Waals surface area contributed by atoms with Crippen molar-refractivity contribution in [3.8, 4) is 0 Å². The van der Waals surface area contributed by atoms with E-state index < -0.39 is 10.0 Å². The molecule has 0 aromatic heterocycles. The Morgan fingerprint density at radius 3 is 2.39 bits per heavy atom. The Hall–Kier alpha value is -2.70. The minimum absolute atomic E-state index is 0.0572. The van der Waals surface area contributed by atoms with Gasteiger partial charge in [0, 0.05) is 24.0 Å². The van der Waals surface area contributed by atoms with Gasteiger partial charge in [0.25, 0.3) is 0 Å². The molecule has 0 aliphatic carbocycles. The Balaban J connectivity index is 1.43. The molecular weight excluding hydrogens is 408 g/mol. The number of unbranched alkanes of at least 4 members (excludes halogenated alkanes) is 2. The molecule has 3 rings (SSSR count). The predicted octanol–water partition coefficient (Wildman–Crippen LogP) is 5.27. The van der Waals surface area contributed by atoms with Gasteiger partial charge in [0.15, 0.2) is 0 Å². The van der Waals surface area contributed by atoms with E-state index in [9.17, 15) is 13.2 Å². The van der Waals surface area contributed by atoms with Gasteiger partial charge >= 0.3 is 0 Å². The molecule has 0 radical (unpaired) electrons. The molecule has 0 spiro atoms. The maximum absolute atomic E-state index is 12.7. The van der Waals surface area contributed by atoms with Crippen LogP contribution in [0, 0.1) is 0 Å². The van der Waals surface area contributed by atoms with E-state index in [0.717, 1.165) is 30.3 Å². The predicted molar refractivity (Wildman–Crippen MR) is 127 cm³/mol. The lowest BCUT2D eigenvalue weighted by Gasteiger charge is -2.10. The average Bonchev–Trinajstić information content (AvgIpc) is 2.78. The summed E-state index contributed by atoms with van der Waals surface area (Å²) in [5, 5.41) is 4.50. The van der Waals surface area contributed by atoms with Crippen molar-refractivity contribution >= 4 is 32.4 Å². The molecule has 5 nitrogen and oxygen atoms in total. The second-order valence-electron chi connectivity index (χ2n) is 7.68. The highest BCUT2D eigenvalue weighted by Crippen LogP contribution is 2.22. The molecule has 0 atom stereocenters. The average molecular weight is 439 g/mol. The van der Waals surface area contributed by atoms with Crippen LogP contribution in [0.4, 0.5) is 5.69 Å². The summed E-state index contributed by atoms with van der Waals surface area (Å²) in [5.41, 5.74) is 2.07. The van der Waals surface area contributed by atoms with Crippen molar-refractivity contribution in [3.05, 3.63) is 72.3 Å². The van der Waals surface area contributed by atoms with Gasteiger partial charge in [0.05, 0.1) is 4.90 Å². The zero-order valence-corrected chi connectivity index (χ0v) is 18.8. The lowest BCUT2D eigenvalue weighted by Crippen LogP contribution is -2.25. The molecular formula is C25H30N2O3S. The minimum atomic E-state index is -3.60. The molecule has 3 aromatic carbocycles. The first-order chi connectivity index (χ1) is 15.0. The standard InChI is InChI=1S/C25H30N2O3S/c1-2-3-9-20-15-17-22(18-16-20)27-25(28)14-6-7-19-26-31(29,30)24-13-8-11-21-10-4-5-12-23(21)24/h4-5,8,10-13,15-18,26H,2-3,6-7,9,14,19H2,1H3,(H,27,28). The zero-order chi connectivity index (χ0) is 22.1. The third-order valence-corrected chi connectivity index (χ3v) is 6.74. The largest absolute Gasteiger partial charge is 0.326 e. The van der Waals surface area contributed by atoms with Gasteiger partial charge in [0.1, 0.15) is 0 Å². The van der Waals surface area contributed by atoms with Crippen LogP contribution in [-0.4, -0.2) is 20.9 Å². The van der Waals surface area contributed by atoms with Crippen molar-refractivity contribution in [2.24, 2.45) is 0 Å². The van der Waals surface area contributed by atoms with E-state index in [0.29, 0.717) is 31.2 Å². The number of sulfonamides is 1. The molecule has 0 heterocycles. The molecule has 0 saturated heterocycles. The Kier molecular flexibility index (Phi) is 8.20. The summed E-state index contributed by atoms with van der Waals surface area (Å²) in [6, 6.07) is 20.6. The van der Waals surface area contributed by atoms with Crippen molar-refractivity contribution in [2.45, 2.75) is 50.3 Å². The number of carbonyl (C=O) groups excluding carboxylic acids is 1. The minimum Gasteiger partial charge on any atom is -0.326 e. The monoisotopic (exact) mass is 438 g/mol. The molecule has 0 aliphatic heterocycles. The number of hydrogen-bond donors (Lipinski definition) is 2. The molecule has 2 N–H and O–H groups in total. The summed E-state index contributed by atoms with van der Waals surface area (Å²) in [4.78, 5) is 12.4. The molecule has 0 fully saturated rings. The summed E-state index contributed by atoms with van der Waals surface area (Å²) in [7, 11) is -3.60. The van der Waals surface area contributed by atoms with Crippen LogP contribution in [0.1, 0.15) is 44.6 Å². The quantitative estimate of drug-likeness (QED) is 0.401. The van der Waals surface area contributed by atoms with Gasteiger partial charge in [0.2, 0.25) is 15.9 Å². The van der Waals surface area contributed by atoms with Gasteiger partial charge in [-0.15, -0.1) is 0 Å². The van der Waals surface area contributed by atoms with Crippen molar-refractivity contribution in [3.63, 3.8) is 0 Å². The number of anilines is 1. The van der Waals surface area contributed by atoms with Crippen LogP contribution < -0.4 is 10.0 Å².